The Morgan fingerprint density at radius 3 is 2.63 bits per heavy atom. The van der Waals surface area contributed by atoms with E-state index in [1.165, 1.54) is 15.9 Å². The van der Waals surface area contributed by atoms with Gasteiger partial charge in [-0.3, -0.25) is 14.2 Å². The molecule has 27 heavy (non-hydrogen) atoms. The minimum absolute atomic E-state index is 0.253. The van der Waals surface area contributed by atoms with Crippen molar-refractivity contribution >= 4 is 50.7 Å². The average Bonchev–Trinajstić information content (AvgIpc) is 3.04. The zero-order valence-corrected chi connectivity index (χ0v) is 17.3. The lowest BCUT2D eigenvalue weighted by Gasteiger charge is -2.19. The molecule has 0 aliphatic heterocycles. The van der Waals surface area contributed by atoms with Crippen molar-refractivity contribution in [2.75, 3.05) is 0 Å². The van der Waals surface area contributed by atoms with Crippen LogP contribution in [-0.2, 0) is 11.2 Å². The van der Waals surface area contributed by atoms with Crippen LogP contribution in [0, 0.1) is 0 Å². The number of hydrogen-bond donors (Lipinski definition) is 1. The summed E-state index contributed by atoms with van der Waals surface area (Å²) < 4.78 is 1.46. The minimum atomic E-state index is -0.725. The molecule has 0 spiro atoms. The molecule has 5 nitrogen and oxygen atoms in total. The van der Waals surface area contributed by atoms with Gasteiger partial charge in [0, 0.05) is 17.4 Å². The zero-order chi connectivity index (χ0) is 19.7. The highest BCUT2D eigenvalue weighted by Crippen LogP contribution is 2.35. The summed E-state index contributed by atoms with van der Waals surface area (Å²) in [5, 5.41) is 3.20. The van der Waals surface area contributed by atoms with E-state index in [9.17, 15) is 9.59 Å². The van der Waals surface area contributed by atoms with E-state index in [0.717, 1.165) is 17.5 Å². The average molecular weight is 424 g/mol. The molecule has 1 unspecified atom stereocenters. The van der Waals surface area contributed by atoms with Crippen LogP contribution in [0.2, 0.25) is 10.0 Å². The highest BCUT2D eigenvalue weighted by Gasteiger charge is 2.24. The molecule has 1 aromatic carbocycles. The molecule has 0 aliphatic rings. The van der Waals surface area contributed by atoms with Crippen LogP contribution < -0.4 is 11.3 Å². The van der Waals surface area contributed by atoms with Gasteiger partial charge in [0.15, 0.2) is 0 Å². The standard InChI is InChI=1S/C19H19Cl2N3O2S/c1-3-5-15-23-18-16(19(26)24(15)14(4-2)17(22)25)11(9-27-18)10-6-7-12(20)13(21)8-10/h6-9,14H,3-5H2,1-2H3,(H2,22,25). The van der Waals surface area contributed by atoms with E-state index in [1.807, 2.05) is 25.3 Å². The van der Waals surface area contributed by atoms with Crippen LogP contribution in [0.5, 0.6) is 0 Å². The lowest BCUT2D eigenvalue weighted by Crippen LogP contribution is -2.36. The van der Waals surface area contributed by atoms with Gasteiger partial charge < -0.3 is 5.73 Å². The SMILES string of the molecule is CCCc1nc2scc(-c3ccc(Cl)c(Cl)c3)c2c(=O)n1C(CC)C(N)=O. The van der Waals surface area contributed by atoms with Gasteiger partial charge in [0.05, 0.1) is 15.4 Å². The summed E-state index contributed by atoms with van der Waals surface area (Å²) in [6, 6.07) is 4.50. The first-order valence-electron chi connectivity index (χ1n) is 8.66. The maximum Gasteiger partial charge on any atom is 0.263 e. The zero-order valence-electron chi connectivity index (χ0n) is 15.0. The van der Waals surface area contributed by atoms with Crippen LogP contribution in [-0.4, -0.2) is 15.5 Å². The number of carbonyl (C=O) groups is 1. The summed E-state index contributed by atoms with van der Waals surface area (Å²) in [4.78, 5) is 30.7. The number of rotatable bonds is 6. The Morgan fingerprint density at radius 1 is 1.30 bits per heavy atom. The second kappa shape index (κ2) is 8.00. The highest BCUT2D eigenvalue weighted by atomic mass is 35.5. The summed E-state index contributed by atoms with van der Waals surface area (Å²) >= 11 is 13.5. The molecule has 0 fully saturated rings. The molecule has 142 valence electrons. The second-order valence-corrected chi connectivity index (χ2v) is 7.91. The van der Waals surface area contributed by atoms with Crippen LogP contribution in [0.4, 0.5) is 0 Å². The summed E-state index contributed by atoms with van der Waals surface area (Å²) in [6.07, 6.45) is 1.82. The molecule has 3 rings (SSSR count). The largest absolute Gasteiger partial charge is 0.368 e. The van der Waals surface area contributed by atoms with Crippen LogP contribution in [0.3, 0.4) is 0 Å². The van der Waals surface area contributed by atoms with Crippen molar-refractivity contribution in [3.05, 3.63) is 49.8 Å². The fraction of sp³-hybridized carbons (Fsp3) is 0.316. The highest BCUT2D eigenvalue weighted by molar-refractivity contribution is 7.17. The topological polar surface area (TPSA) is 78.0 Å². The molecule has 1 atom stereocenters. The number of thiophene rings is 1. The third kappa shape index (κ3) is 3.61. The maximum absolute atomic E-state index is 13.4. The van der Waals surface area contributed by atoms with E-state index in [-0.39, 0.29) is 5.56 Å². The number of primary amides is 1. The number of benzene rings is 1. The Balaban J connectivity index is 2.33. The van der Waals surface area contributed by atoms with Gasteiger partial charge in [0.1, 0.15) is 16.7 Å². The van der Waals surface area contributed by atoms with Crippen molar-refractivity contribution < 1.29 is 4.79 Å². The Labute approximate surface area is 170 Å². The second-order valence-electron chi connectivity index (χ2n) is 6.24. The molecule has 8 heteroatoms. The molecule has 1 amide bonds. The Hall–Kier alpha value is -1.89. The number of carbonyl (C=O) groups excluding carboxylic acids is 1. The van der Waals surface area contributed by atoms with Crippen molar-refractivity contribution in [2.24, 2.45) is 5.73 Å². The predicted molar refractivity (Wildman–Crippen MR) is 112 cm³/mol. The first kappa shape index (κ1) is 19.9. The van der Waals surface area contributed by atoms with Gasteiger partial charge in [-0.25, -0.2) is 4.98 Å². The number of nitrogens with zero attached hydrogens (tertiary/aromatic N) is 2. The molecule has 0 saturated carbocycles. The number of nitrogens with two attached hydrogens (primary N) is 1. The lowest BCUT2D eigenvalue weighted by atomic mass is 10.1. The Bertz CT molecular complexity index is 1070. The van der Waals surface area contributed by atoms with Crippen molar-refractivity contribution in [1.82, 2.24) is 9.55 Å². The minimum Gasteiger partial charge on any atom is -0.368 e. The molecule has 2 aromatic heterocycles. The number of hydrogen-bond acceptors (Lipinski definition) is 4. The molecule has 0 radical (unpaired) electrons. The van der Waals surface area contributed by atoms with Crippen molar-refractivity contribution in [2.45, 2.75) is 39.2 Å². The van der Waals surface area contributed by atoms with Gasteiger partial charge in [0.25, 0.3) is 5.56 Å². The number of halogens is 2. The van der Waals surface area contributed by atoms with Crippen LogP contribution in [0.1, 0.15) is 38.6 Å². The normalized spacial score (nSPS) is 12.4. The molecule has 2 N–H and O–H groups in total. The number of aromatic nitrogens is 2. The Morgan fingerprint density at radius 2 is 2.04 bits per heavy atom. The van der Waals surface area contributed by atoms with Gasteiger partial charge in [-0.05, 0) is 30.5 Å². The van der Waals surface area contributed by atoms with Gasteiger partial charge in [-0.15, -0.1) is 11.3 Å². The first-order valence-corrected chi connectivity index (χ1v) is 10.3. The third-order valence-corrected chi connectivity index (χ3v) is 6.06. The molecule has 3 aromatic rings. The lowest BCUT2D eigenvalue weighted by molar-refractivity contribution is -0.121. The van der Waals surface area contributed by atoms with Gasteiger partial charge >= 0.3 is 0 Å². The molecule has 0 aliphatic carbocycles. The molecule has 0 bridgehead atoms. The van der Waals surface area contributed by atoms with Gasteiger partial charge in [0.2, 0.25) is 5.91 Å². The van der Waals surface area contributed by atoms with Crippen molar-refractivity contribution in [3.8, 4) is 11.1 Å². The van der Waals surface area contributed by atoms with E-state index in [0.29, 0.717) is 38.9 Å². The molecular formula is C19H19Cl2N3O2S. The first-order chi connectivity index (χ1) is 12.9. The van der Waals surface area contributed by atoms with Crippen LogP contribution in [0.15, 0.2) is 28.4 Å². The van der Waals surface area contributed by atoms with E-state index >= 15 is 0 Å². The van der Waals surface area contributed by atoms with E-state index < -0.39 is 11.9 Å². The van der Waals surface area contributed by atoms with Gasteiger partial charge in [-0.2, -0.15) is 0 Å². The smallest absolute Gasteiger partial charge is 0.263 e. The predicted octanol–water partition coefficient (Wildman–Crippen LogP) is 4.82. The molecular weight excluding hydrogens is 405 g/mol. The van der Waals surface area contributed by atoms with Crippen molar-refractivity contribution in [3.63, 3.8) is 0 Å². The van der Waals surface area contributed by atoms with E-state index in [2.05, 4.69) is 4.98 Å². The summed E-state index contributed by atoms with van der Waals surface area (Å²) in [5.74, 6) is 0.0487. The monoisotopic (exact) mass is 423 g/mol. The van der Waals surface area contributed by atoms with E-state index in [4.69, 9.17) is 28.9 Å². The summed E-state index contributed by atoms with van der Waals surface area (Å²) in [5.41, 5.74) is 6.81. The maximum atomic E-state index is 13.4. The third-order valence-electron chi connectivity index (χ3n) is 4.44. The van der Waals surface area contributed by atoms with Crippen LogP contribution >= 0.6 is 34.5 Å². The summed E-state index contributed by atoms with van der Waals surface area (Å²) in [7, 11) is 0. The quantitative estimate of drug-likeness (QED) is 0.616. The number of fused-ring (bicyclic) bond motifs is 1. The van der Waals surface area contributed by atoms with Gasteiger partial charge in [-0.1, -0.05) is 43.1 Å². The molecule has 0 saturated heterocycles. The summed E-state index contributed by atoms with van der Waals surface area (Å²) in [6.45, 7) is 3.83. The van der Waals surface area contributed by atoms with Crippen LogP contribution in [0.25, 0.3) is 21.3 Å². The molecule has 2 heterocycles. The fourth-order valence-corrected chi connectivity index (χ4v) is 4.41. The van der Waals surface area contributed by atoms with E-state index in [1.54, 1.807) is 12.1 Å². The Kier molecular flexibility index (Phi) is 5.89. The van der Waals surface area contributed by atoms with Crippen molar-refractivity contribution in [1.29, 1.82) is 0 Å². The number of aryl methyl sites for hydroxylation is 1. The number of amides is 1. The fourth-order valence-electron chi connectivity index (χ4n) is 3.15.